The highest BCUT2D eigenvalue weighted by atomic mass is 15.8. The maximum atomic E-state index is 2.91. The van der Waals surface area contributed by atoms with Crippen LogP contribution in [0.1, 0.15) is 32.6 Å². The van der Waals surface area contributed by atoms with E-state index in [1.54, 1.807) is 19.3 Å². The lowest BCUT2D eigenvalue weighted by Gasteiger charge is -2.61. The molecule has 3 saturated carbocycles. The number of hydrazine groups is 1. The summed E-state index contributed by atoms with van der Waals surface area (Å²) in [7, 11) is 0. The summed E-state index contributed by atoms with van der Waals surface area (Å²) in [5.74, 6) is 6.49. The minimum atomic E-state index is 0.991. The molecule has 9 unspecified atom stereocenters. The van der Waals surface area contributed by atoms with Crippen molar-refractivity contribution in [2.75, 3.05) is 6.54 Å². The molecule has 6 aliphatic rings. The lowest BCUT2D eigenvalue weighted by Crippen LogP contribution is -2.74. The van der Waals surface area contributed by atoms with Gasteiger partial charge in [-0.3, -0.25) is 0 Å². The normalized spacial score (nSPS) is 70.8. The maximum absolute atomic E-state index is 2.91. The number of rotatable bonds is 0. The van der Waals surface area contributed by atoms with E-state index in [9.17, 15) is 0 Å². The van der Waals surface area contributed by atoms with Gasteiger partial charge in [-0.1, -0.05) is 13.3 Å². The molecule has 3 aliphatic carbocycles. The quantitative estimate of drug-likeness (QED) is 0.628. The Labute approximate surface area is 103 Å². The molecule has 0 spiro atoms. The zero-order valence-corrected chi connectivity index (χ0v) is 10.6. The third-order valence-corrected chi connectivity index (χ3v) is 7.77. The summed E-state index contributed by atoms with van der Waals surface area (Å²) >= 11 is 0. The second-order valence-electron chi connectivity index (χ2n) is 7.83. The summed E-state index contributed by atoms with van der Waals surface area (Å²) in [6, 6.07) is 3.01. The zero-order valence-electron chi connectivity index (χ0n) is 10.6. The van der Waals surface area contributed by atoms with Gasteiger partial charge in [0.05, 0.1) is 0 Å². The summed E-state index contributed by atoms with van der Waals surface area (Å²) in [6.07, 6.45) is 6.21. The van der Waals surface area contributed by atoms with Crippen molar-refractivity contribution in [2.45, 2.75) is 50.7 Å². The van der Waals surface area contributed by atoms with Crippen LogP contribution in [0.4, 0.5) is 0 Å². The van der Waals surface area contributed by atoms with Crippen LogP contribution in [0.15, 0.2) is 0 Å². The Kier molecular flexibility index (Phi) is 1.29. The molecule has 6 fully saturated rings. The van der Waals surface area contributed by atoms with Crippen LogP contribution in [-0.4, -0.2) is 34.7 Å². The third-order valence-electron chi connectivity index (χ3n) is 7.77. The van der Waals surface area contributed by atoms with Crippen molar-refractivity contribution in [2.24, 2.45) is 35.5 Å². The number of fused-ring (bicyclic) bond motifs is 6. The molecule has 2 bridgehead atoms. The maximum Gasteiger partial charge on any atom is 0.0453 e. The Morgan fingerprint density at radius 2 is 1.88 bits per heavy atom. The minimum Gasteiger partial charge on any atom is -0.236 e. The summed E-state index contributed by atoms with van der Waals surface area (Å²) in [4.78, 5) is 0. The van der Waals surface area contributed by atoms with Crippen LogP contribution in [0.5, 0.6) is 0 Å². The smallest absolute Gasteiger partial charge is 0.0453 e. The Morgan fingerprint density at radius 1 is 0.941 bits per heavy atom. The predicted octanol–water partition coefficient (Wildman–Crippen LogP) is 1.97. The number of nitrogens with zero attached hydrogens (tertiary/aromatic N) is 2. The van der Waals surface area contributed by atoms with Crippen LogP contribution in [0.2, 0.25) is 0 Å². The minimum absolute atomic E-state index is 0.991. The molecular weight excluding hydrogens is 208 g/mol. The number of hydrogen-bond donors (Lipinski definition) is 0. The van der Waals surface area contributed by atoms with Crippen molar-refractivity contribution >= 4 is 0 Å². The zero-order chi connectivity index (χ0) is 10.9. The summed E-state index contributed by atoms with van der Waals surface area (Å²) in [6.45, 7) is 4.03. The van der Waals surface area contributed by atoms with E-state index in [1.165, 1.54) is 13.0 Å². The van der Waals surface area contributed by atoms with Crippen LogP contribution >= 0.6 is 0 Å². The van der Waals surface area contributed by atoms with Gasteiger partial charge in [-0.2, -0.15) is 0 Å². The van der Waals surface area contributed by atoms with Gasteiger partial charge in [0.25, 0.3) is 0 Å². The molecular formula is C15H22N2. The van der Waals surface area contributed by atoms with E-state index in [-0.39, 0.29) is 0 Å². The van der Waals surface area contributed by atoms with Crippen molar-refractivity contribution in [3.63, 3.8) is 0 Å². The topological polar surface area (TPSA) is 6.48 Å². The van der Waals surface area contributed by atoms with Crippen LogP contribution < -0.4 is 0 Å². The first kappa shape index (κ1) is 8.92. The first-order chi connectivity index (χ1) is 8.36. The first-order valence-corrected chi connectivity index (χ1v) is 7.91. The van der Waals surface area contributed by atoms with Gasteiger partial charge in [-0.05, 0) is 54.8 Å². The molecule has 0 radical (unpaired) electrons. The van der Waals surface area contributed by atoms with Crippen LogP contribution in [0.25, 0.3) is 0 Å². The second-order valence-corrected chi connectivity index (χ2v) is 7.83. The summed E-state index contributed by atoms with van der Waals surface area (Å²) in [5, 5.41) is 5.77. The van der Waals surface area contributed by atoms with Gasteiger partial charge in [-0.15, -0.1) is 0 Å². The van der Waals surface area contributed by atoms with Crippen molar-refractivity contribution in [1.29, 1.82) is 0 Å². The summed E-state index contributed by atoms with van der Waals surface area (Å²) < 4.78 is 0. The van der Waals surface area contributed by atoms with E-state index in [4.69, 9.17) is 0 Å². The predicted molar refractivity (Wildman–Crippen MR) is 65.0 cm³/mol. The van der Waals surface area contributed by atoms with Crippen LogP contribution in [-0.2, 0) is 0 Å². The highest BCUT2D eigenvalue weighted by Crippen LogP contribution is 2.70. The van der Waals surface area contributed by atoms with E-state index in [0.29, 0.717) is 0 Å². The van der Waals surface area contributed by atoms with Crippen molar-refractivity contribution in [3.8, 4) is 0 Å². The van der Waals surface area contributed by atoms with E-state index in [1.807, 2.05) is 0 Å². The molecule has 92 valence electrons. The lowest BCUT2D eigenvalue weighted by atomic mass is 9.73. The van der Waals surface area contributed by atoms with Gasteiger partial charge in [0.2, 0.25) is 0 Å². The highest BCUT2D eigenvalue weighted by Gasteiger charge is 2.77. The molecule has 0 aromatic rings. The molecule has 6 rings (SSSR count). The van der Waals surface area contributed by atoms with E-state index < -0.39 is 0 Å². The lowest BCUT2D eigenvalue weighted by molar-refractivity contribution is -0.248. The fourth-order valence-corrected chi connectivity index (χ4v) is 7.48. The molecule has 9 atom stereocenters. The molecule has 2 heteroatoms. The Morgan fingerprint density at radius 3 is 2.82 bits per heavy atom. The fourth-order valence-electron chi connectivity index (χ4n) is 7.48. The molecule has 0 aromatic carbocycles. The van der Waals surface area contributed by atoms with E-state index in [2.05, 4.69) is 16.9 Å². The van der Waals surface area contributed by atoms with Gasteiger partial charge < -0.3 is 0 Å². The van der Waals surface area contributed by atoms with Crippen LogP contribution in [0, 0.1) is 35.5 Å². The third kappa shape index (κ3) is 0.710. The highest BCUT2D eigenvalue weighted by molar-refractivity contribution is 5.26. The standard InChI is InChI=1S/C15H22N2/c1-7-10-5-11-12(7)13-9-4-2-3-8(9)6-16-14(10)15(11)17(13)16/h7-15H,2-6H2,1H3. The fraction of sp³-hybridized carbons (Fsp3) is 1.00. The average Bonchev–Trinajstić information content (AvgIpc) is 2.95. The van der Waals surface area contributed by atoms with E-state index >= 15 is 0 Å². The molecule has 0 aromatic heterocycles. The Balaban J connectivity index is 1.55. The molecule has 2 nitrogen and oxygen atoms in total. The summed E-state index contributed by atoms with van der Waals surface area (Å²) in [5.41, 5.74) is 0. The van der Waals surface area contributed by atoms with Gasteiger partial charge in [0.1, 0.15) is 0 Å². The Hall–Kier alpha value is -0.0800. The molecule has 3 aliphatic heterocycles. The van der Waals surface area contributed by atoms with Gasteiger partial charge in [-0.25, -0.2) is 10.0 Å². The second kappa shape index (κ2) is 2.46. The largest absolute Gasteiger partial charge is 0.236 e. The van der Waals surface area contributed by atoms with Crippen LogP contribution in [0.3, 0.4) is 0 Å². The Bertz CT molecular complexity index is 408. The van der Waals surface area contributed by atoms with Crippen molar-refractivity contribution < 1.29 is 0 Å². The molecule has 17 heavy (non-hydrogen) atoms. The van der Waals surface area contributed by atoms with Gasteiger partial charge in [0.15, 0.2) is 0 Å². The SMILES string of the molecule is CC1C2CC3C1C1C4CCCC4CN4C2C3N14. The monoisotopic (exact) mass is 230 g/mol. The molecule has 3 heterocycles. The molecule has 0 N–H and O–H groups in total. The van der Waals surface area contributed by atoms with E-state index in [0.717, 1.165) is 53.6 Å². The van der Waals surface area contributed by atoms with Gasteiger partial charge >= 0.3 is 0 Å². The number of hydrogen-bond acceptors (Lipinski definition) is 2. The van der Waals surface area contributed by atoms with Gasteiger partial charge in [0, 0.05) is 24.7 Å². The van der Waals surface area contributed by atoms with Crippen molar-refractivity contribution in [3.05, 3.63) is 0 Å². The molecule has 0 amide bonds. The average molecular weight is 230 g/mol. The molecule has 3 saturated heterocycles. The first-order valence-electron chi connectivity index (χ1n) is 7.91. The van der Waals surface area contributed by atoms with Crippen molar-refractivity contribution in [1.82, 2.24) is 10.0 Å².